The minimum absolute atomic E-state index is 0.0222. The van der Waals surface area contributed by atoms with Crippen molar-refractivity contribution < 1.29 is 23.4 Å². The third kappa shape index (κ3) is 2.27. The van der Waals surface area contributed by atoms with Gasteiger partial charge >= 0.3 is 6.61 Å². The number of ether oxygens (including phenoxy) is 2. The Kier molecular flexibility index (Phi) is 3.30. The summed E-state index contributed by atoms with van der Waals surface area (Å²) < 4.78 is 33.5. The van der Waals surface area contributed by atoms with E-state index in [1.165, 1.54) is 18.2 Å². The Morgan fingerprint density at radius 1 is 1.50 bits per heavy atom. The van der Waals surface area contributed by atoms with Gasteiger partial charge in [-0.05, 0) is 12.1 Å². The number of aliphatic hydroxyl groups is 1. The molecule has 0 saturated heterocycles. The molecule has 1 heterocycles. The molecule has 6 heteroatoms. The van der Waals surface area contributed by atoms with Crippen LogP contribution in [0.1, 0.15) is 11.7 Å². The van der Waals surface area contributed by atoms with Gasteiger partial charge in [-0.3, -0.25) is 0 Å². The minimum Gasteiger partial charge on any atom is -0.492 e. The van der Waals surface area contributed by atoms with Crippen LogP contribution in [0, 0.1) is 0 Å². The number of aliphatic hydroxyl groups excluding tert-OH is 1. The highest BCUT2D eigenvalue weighted by Gasteiger charge is 2.27. The number of fused-ring (bicyclic) bond motifs is 1. The number of alkyl halides is 3. The molecule has 0 bridgehead atoms. The van der Waals surface area contributed by atoms with E-state index in [9.17, 15) is 13.9 Å². The summed E-state index contributed by atoms with van der Waals surface area (Å²) in [5, 5.41) is 9.79. The van der Waals surface area contributed by atoms with E-state index in [4.69, 9.17) is 4.74 Å². The minimum atomic E-state index is -2.87. The summed E-state index contributed by atoms with van der Waals surface area (Å²) in [5.41, 5.74) is 0.565. The van der Waals surface area contributed by atoms with E-state index in [-0.39, 0.29) is 17.2 Å². The summed E-state index contributed by atoms with van der Waals surface area (Å²) in [4.78, 5) is -0.193. The lowest BCUT2D eigenvalue weighted by Gasteiger charge is -2.26. The lowest BCUT2D eigenvalue weighted by atomic mass is 10.0. The molecule has 1 aromatic rings. The number of rotatable bonds is 2. The second-order valence-electron chi connectivity index (χ2n) is 3.35. The maximum absolute atomic E-state index is 12.0. The monoisotopic (exact) mass is 294 g/mol. The van der Waals surface area contributed by atoms with E-state index >= 15 is 0 Å². The van der Waals surface area contributed by atoms with Gasteiger partial charge in [0.05, 0.1) is 10.9 Å². The van der Waals surface area contributed by atoms with Crippen LogP contribution < -0.4 is 9.47 Å². The molecular formula is C10H9BrF2O3. The molecule has 0 amide bonds. The van der Waals surface area contributed by atoms with Crippen molar-refractivity contribution in [2.75, 3.05) is 6.61 Å². The zero-order valence-electron chi connectivity index (χ0n) is 8.07. The van der Waals surface area contributed by atoms with Crippen molar-refractivity contribution in [2.45, 2.75) is 17.5 Å². The molecule has 0 aromatic heterocycles. The Morgan fingerprint density at radius 3 is 2.94 bits per heavy atom. The Morgan fingerprint density at radius 2 is 2.25 bits per heavy atom. The standard InChI is InChI=1S/C10H9BrF2O3/c11-7-4-15-8-3-5(16-10(12)13)1-2-6(8)9(7)14/h1-3,7,9-10,14H,4H2/t7-,9-/m0/s1. The number of halogens is 3. The highest BCUT2D eigenvalue weighted by molar-refractivity contribution is 9.09. The molecule has 1 aliphatic rings. The molecule has 0 fully saturated rings. The normalized spacial score (nSPS) is 23.8. The van der Waals surface area contributed by atoms with Crippen molar-refractivity contribution in [3.8, 4) is 11.5 Å². The molecule has 0 saturated carbocycles. The zero-order chi connectivity index (χ0) is 11.7. The molecular weight excluding hydrogens is 286 g/mol. The van der Waals surface area contributed by atoms with Gasteiger partial charge in [-0.1, -0.05) is 15.9 Å². The van der Waals surface area contributed by atoms with Crippen molar-refractivity contribution in [1.29, 1.82) is 0 Å². The summed E-state index contributed by atoms with van der Waals surface area (Å²) in [6, 6.07) is 4.25. The molecule has 88 valence electrons. The maximum atomic E-state index is 12.0. The highest BCUT2D eigenvalue weighted by Crippen LogP contribution is 2.37. The van der Waals surface area contributed by atoms with Crippen LogP contribution >= 0.6 is 15.9 Å². The van der Waals surface area contributed by atoms with Gasteiger partial charge in [0.15, 0.2) is 0 Å². The second-order valence-corrected chi connectivity index (χ2v) is 4.53. The fraction of sp³-hybridized carbons (Fsp3) is 0.400. The van der Waals surface area contributed by atoms with E-state index in [1.807, 2.05) is 0 Å². The third-order valence-electron chi connectivity index (χ3n) is 2.27. The number of hydrogen-bond acceptors (Lipinski definition) is 3. The van der Waals surface area contributed by atoms with Gasteiger partial charge in [-0.2, -0.15) is 8.78 Å². The Labute approximate surface area is 99.1 Å². The maximum Gasteiger partial charge on any atom is 0.387 e. The summed E-state index contributed by atoms with van der Waals surface area (Å²) in [6.45, 7) is -2.58. The van der Waals surface area contributed by atoms with Crippen molar-refractivity contribution in [3.05, 3.63) is 23.8 Å². The fourth-order valence-electron chi connectivity index (χ4n) is 1.52. The van der Waals surface area contributed by atoms with Gasteiger partial charge in [0.25, 0.3) is 0 Å². The molecule has 2 rings (SSSR count). The van der Waals surface area contributed by atoms with Gasteiger partial charge in [0, 0.05) is 11.6 Å². The van der Waals surface area contributed by atoms with E-state index in [1.54, 1.807) is 0 Å². The molecule has 2 atom stereocenters. The van der Waals surface area contributed by atoms with E-state index in [0.717, 1.165) is 0 Å². The molecule has 0 radical (unpaired) electrons. The molecule has 1 aromatic carbocycles. The summed E-state index contributed by atoms with van der Waals surface area (Å²) >= 11 is 3.26. The van der Waals surface area contributed by atoms with Crippen molar-refractivity contribution in [3.63, 3.8) is 0 Å². The largest absolute Gasteiger partial charge is 0.492 e. The van der Waals surface area contributed by atoms with Crippen LogP contribution in [0.2, 0.25) is 0 Å². The van der Waals surface area contributed by atoms with Crippen molar-refractivity contribution >= 4 is 15.9 Å². The summed E-state index contributed by atoms with van der Waals surface area (Å²) in [6.07, 6.45) is -0.704. The summed E-state index contributed by atoms with van der Waals surface area (Å²) in [7, 11) is 0. The predicted octanol–water partition coefficient (Wildman–Crippen LogP) is 2.48. The summed E-state index contributed by atoms with van der Waals surface area (Å²) in [5.74, 6) is 0.398. The first-order chi connectivity index (χ1) is 7.58. The molecule has 1 N–H and O–H groups in total. The lowest BCUT2D eigenvalue weighted by molar-refractivity contribution is -0.0500. The average molecular weight is 295 g/mol. The Bertz CT molecular complexity index is 386. The average Bonchev–Trinajstić information content (AvgIpc) is 2.23. The molecule has 0 spiro atoms. The van der Waals surface area contributed by atoms with E-state index in [0.29, 0.717) is 11.3 Å². The quantitative estimate of drug-likeness (QED) is 0.852. The Hall–Kier alpha value is -0.880. The second kappa shape index (κ2) is 4.55. The van der Waals surface area contributed by atoms with Crippen LogP contribution in [-0.4, -0.2) is 23.2 Å². The molecule has 0 aliphatic carbocycles. The highest BCUT2D eigenvalue weighted by atomic mass is 79.9. The van der Waals surface area contributed by atoms with Gasteiger partial charge in [-0.15, -0.1) is 0 Å². The number of hydrogen-bond donors (Lipinski definition) is 1. The van der Waals surface area contributed by atoms with E-state index in [2.05, 4.69) is 20.7 Å². The predicted molar refractivity (Wildman–Crippen MR) is 56.2 cm³/mol. The van der Waals surface area contributed by atoms with Crippen molar-refractivity contribution in [1.82, 2.24) is 0 Å². The zero-order valence-corrected chi connectivity index (χ0v) is 9.65. The van der Waals surface area contributed by atoms with Gasteiger partial charge in [0.2, 0.25) is 0 Å². The van der Waals surface area contributed by atoms with Crippen LogP contribution in [0.3, 0.4) is 0 Å². The van der Waals surface area contributed by atoms with Crippen LogP contribution in [0.25, 0.3) is 0 Å². The fourth-order valence-corrected chi connectivity index (χ4v) is 1.93. The molecule has 1 aliphatic heterocycles. The number of benzene rings is 1. The van der Waals surface area contributed by atoms with Gasteiger partial charge < -0.3 is 14.6 Å². The van der Waals surface area contributed by atoms with Crippen LogP contribution in [0.5, 0.6) is 11.5 Å². The topological polar surface area (TPSA) is 38.7 Å². The first-order valence-corrected chi connectivity index (χ1v) is 5.53. The van der Waals surface area contributed by atoms with Crippen molar-refractivity contribution in [2.24, 2.45) is 0 Å². The SMILES string of the molecule is O[C@H]1c2ccc(OC(F)F)cc2OC[C@@H]1Br. The van der Waals surface area contributed by atoms with Crippen LogP contribution in [0.15, 0.2) is 18.2 Å². The third-order valence-corrected chi connectivity index (χ3v) is 3.03. The Balaban J connectivity index is 2.26. The first kappa shape index (κ1) is 11.6. The molecule has 16 heavy (non-hydrogen) atoms. The van der Waals surface area contributed by atoms with Crippen LogP contribution in [-0.2, 0) is 0 Å². The van der Waals surface area contributed by atoms with Gasteiger partial charge in [-0.25, -0.2) is 0 Å². The van der Waals surface area contributed by atoms with Crippen LogP contribution in [0.4, 0.5) is 8.78 Å². The smallest absolute Gasteiger partial charge is 0.387 e. The molecule has 0 unspecified atom stereocenters. The lowest BCUT2D eigenvalue weighted by Crippen LogP contribution is -2.25. The first-order valence-electron chi connectivity index (χ1n) is 4.61. The van der Waals surface area contributed by atoms with Gasteiger partial charge in [0.1, 0.15) is 18.1 Å². The molecule has 3 nitrogen and oxygen atoms in total. The van der Waals surface area contributed by atoms with E-state index < -0.39 is 12.7 Å².